The van der Waals surface area contributed by atoms with E-state index in [4.69, 9.17) is 9.84 Å². The number of carboxylic acids is 1. The van der Waals surface area contributed by atoms with Crippen molar-refractivity contribution in [3.05, 3.63) is 60.8 Å². The van der Waals surface area contributed by atoms with E-state index < -0.39 is 5.97 Å². The van der Waals surface area contributed by atoms with E-state index in [-0.39, 0.29) is 24.5 Å². The van der Waals surface area contributed by atoms with Crippen molar-refractivity contribution in [3.63, 3.8) is 0 Å². The molecule has 6 heteroatoms. The van der Waals surface area contributed by atoms with Gasteiger partial charge in [-0.1, -0.05) is 100 Å². The Hall–Kier alpha value is -2.89. The molecule has 0 aliphatic carbocycles. The predicted molar refractivity (Wildman–Crippen MR) is 175 cm³/mol. The van der Waals surface area contributed by atoms with Crippen LogP contribution >= 0.6 is 0 Å². The lowest BCUT2D eigenvalue weighted by Crippen LogP contribution is -2.28. The molecule has 0 fully saturated rings. The maximum absolute atomic E-state index is 12.4. The largest absolute Gasteiger partial charge is 0.480 e. The highest BCUT2D eigenvalue weighted by Gasteiger charge is 2.14. The SMILES string of the molecule is CC/C=C\C/C=C\C/C=C\C/C=C\C/C=C\CCCCCC(=O)OC(CCCCC)CCCCCC(=O)NCC(=O)O. The standard InChI is InChI=1S/C36H59NO5/c1-3-5-7-8-9-10-11-12-13-14-15-16-17-18-19-20-21-22-27-31-36(41)42-33(28-24-6-4-2)29-25-23-26-30-34(38)37-32-35(39)40/h5,7,9-10,12-13,15-16,18-19,33H,3-4,6,8,11,14,17,20-32H2,1-2H3,(H,37,38)(H,39,40)/b7-5-,10-9-,13-12-,16-15-,19-18-. The van der Waals surface area contributed by atoms with Crippen LogP contribution in [0.2, 0.25) is 0 Å². The van der Waals surface area contributed by atoms with Crippen LogP contribution in [-0.4, -0.2) is 35.6 Å². The van der Waals surface area contributed by atoms with Crippen LogP contribution in [0.1, 0.15) is 136 Å². The first-order valence-corrected chi connectivity index (χ1v) is 16.4. The maximum Gasteiger partial charge on any atom is 0.322 e. The third kappa shape index (κ3) is 30.1. The van der Waals surface area contributed by atoms with Crippen LogP contribution in [0.25, 0.3) is 0 Å². The molecule has 0 aromatic rings. The Morgan fingerprint density at radius 3 is 1.74 bits per heavy atom. The zero-order valence-electron chi connectivity index (χ0n) is 26.6. The second-order valence-electron chi connectivity index (χ2n) is 10.7. The summed E-state index contributed by atoms with van der Waals surface area (Å²) in [5.41, 5.74) is 0. The molecule has 1 amide bonds. The minimum atomic E-state index is -1.04. The second kappa shape index (κ2) is 31.1. The quantitative estimate of drug-likeness (QED) is 0.0542. The van der Waals surface area contributed by atoms with Gasteiger partial charge in [0.2, 0.25) is 5.91 Å². The summed E-state index contributed by atoms with van der Waals surface area (Å²) in [4.78, 5) is 34.5. The topological polar surface area (TPSA) is 92.7 Å². The van der Waals surface area contributed by atoms with Crippen molar-refractivity contribution >= 4 is 17.8 Å². The van der Waals surface area contributed by atoms with E-state index in [2.05, 4.69) is 79.9 Å². The first-order valence-electron chi connectivity index (χ1n) is 16.4. The van der Waals surface area contributed by atoms with E-state index in [1.165, 1.54) is 0 Å². The predicted octanol–water partition coefficient (Wildman–Crippen LogP) is 9.33. The summed E-state index contributed by atoms with van der Waals surface area (Å²) >= 11 is 0. The number of carbonyl (C=O) groups is 3. The van der Waals surface area contributed by atoms with Crippen molar-refractivity contribution in [2.75, 3.05) is 6.54 Å². The Kier molecular flexibility index (Phi) is 28.9. The average molecular weight is 586 g/mol. The van der Waals surface area contributed by atoms with Crippen molar-refractivity contribution < 1.29 is 24.2 Å². The molecule has 0 bridgehead atoms. The number of amides is 1. The van der Waals surface area contributed by atoms with E-state index in [9.17, 15) is 14.4 Å². The highest BCUT2D eigenvalue weighted by Crippen LogP contribution is 2.17. The minimum Gasteiger partial charge on any atom is -0.480 e. The smallest absolute Gasteiger partial charge is 0.322 e. The highest BCUT2D eigenvalue weighted by atomic mass is 16.5. The number of carbonyl (C=O) groups excluding carboxylic acids is 2. The summed E-state index contributed by atoms with van der Waals surface area (Å²) in [5, 5.41) is 11.0. The monoisotopic (exact) mass is 585 g/mol. The van der Waals surface area contributed by atoms with E-state index in [0.29, 0.717) is 19.3 Å². The molecule has 0 aromatic carbocycles. The first kappa shape index (κ1) is 39.1. The molecule has 0 saturated heterocycles. The number of unbranched alkanes of at least 4 members (excludes halogenated alkanes) is 7. The summed E-state index contributed by atoms with van der Waals surface area (Å²) in [5.74, 6) is -1.37. The molecule has 0 saturated carbocycles. The van der Waals surface area contributed by atoms with Crippen molar-refractivity contribution in [1.29, 1.82) is 0 Å². The highest BCUT2D eigenvalue weighted by molar-refractivity contribution is 5.80. The Labute approximate surface area is 256 Å². The van der Waals surface area contributed by atoms with Gasteiger partial charge in [-0.25, -0.2) is 0 Å². The Balaban J connectivity index is 3.94. The fourth-order valence-corrected chi connectivity index (χ4v) is 4.30. The molecule has 1 atom stereocenters. The number of nitrogens with one attached hydrogen (secondary N) is 1. The summed E-state index contributed by atoms with van der Waals surface area (Å²) < 4.78 is 5.81. The van der Waals surface area contributed by atoms with Crippen LogP contribution in [0.5, 0.6) is 0 Å². The Morgan fingerprint density at radius 2 is 1.17 bits per heavy atom. The molecular weight excluding hydrogens is 526 g/mol. The molecule has 0 spiro atoms. The molecule has 0 aliphatic rings. The van der Waals surface area contributed by atoms with Gasteiger partial charge in [-0.2, -0.15) is 0 Å². The van der Waals surface area contributed by atoms with Gasteiger partial charge in [0.05, 0.1) is 0 Å². The van der Waals surface area contributed by atoms with Crippen LogP contribution in [0.3, 0.4) is 0 Å². The third-order valence-electron chi connectivity index (χ3n) is 6.70. The van der Waals surface area contributed by atoms with E-state index in [1.54, 1.807) is 0 Å². The Morgan fingerprint density at radius 1 is 0.643 bits per heavy atom. The van der Waals surface area contributed by atoms with Gasteiger partial charge in [0.25, 0.3) is 0 Å². The summed E-state index contributed by atoms with van der Waals surface area (Å²) in [6, 6.07) is 0. The molecule has 0 heterocycles. The number of aliphatic carboxylic acids is 1. The number of rotatable bonds is 28. The van der Waals surface area contributed by atoms with Gasteiger partial charge in [-0.05, 0) is 83.5 Å². The van der Waals surface area contributed by atoms with Gasteiger partial charge in [-0.3, -0.25) is 14.4 Å². The van der Waals surface area contributed by atoms with Crippen LogP contribution in [0.4, 0.5) is 0 Å². The van der Waals surface area contributed by atoms with E-state index in [1.807, 2.05) is 0 Å². The van der Waals surface area contributed by atoms with Crippen molar-refractivity contribution in [3.8, 4) is 0 Å². The lowest BCUT2D eigenvalue weighted by molar-refractivity contribution is -0.150. The fourth-order valence-electron chi connectivity index (χ4n) is 4.30. The zero-order valence-corrected chi connectivity index (χ0v) is 26.6. The molecule has 0 rings (SSSR count). The fraction of sp³-hybridized carbons (Fsp3) is 0.639. The molecule has 6 nitrogen and oxygen atoms in total. The molecular formula is C36H59NO5. The van der Waals surface area contributed by atoms with Gasteiger partial charge < -0.3 is 15.2 Å². The number of hydrogen-bond acceptors (Lipinski definition) is 4. The summed E-state index contributed by atoms with van der Waals surface area (Å²) in [6.45, 7) is 3.98. The summed E-state index contributed by atoms with van der Waals surface area (Å²) in [6.07, 6.45) is 39.4. The van der Waals surface area contributed by atoms with Gasteiger partial charge in [-0.15, -0.1) is 0 Å². The number of allylic oxidation sites excluding steroid dienone is 10. The number of esters is 1. The molecule has 0 aliphatic heterocycles. The van der Waals surface area contributed by atoms with Gasteiger partial charge in [0.1, 0.15) is 12.6 Å². The lowest BCUT2D eigenvalue weighted by Gasteiger charge is -2.18. The first-order chi connectivity index (χ1) is 20.5. The molecule has 42 heavy (non-hydrogen) atoms. The molecule has 1 unspecified atom stereocenters. The van der Waals surface area contributed by atoms with Crippen molar-refractivity contribution in [2.45, 2.75) is 142 Å². The molecule has 2 N–H and O–H groups in total. The number of carboxylic acid groups (broad SMARTS) is 1. The van der Waals surface area contributed by atoms with Gasteiger partial charge >= 0.3 is 11.9 Å². The van der Waals surface area contributed by atoms with Crippen LogP contribution in [0, 0.1) is 0 Å². The minimum absolute atomic E-state index is 0.0498. The lowest BCUT2D eigenvalue weighted by atomic mass is 10.0. The molecule has 238 valence electrons. The normalized spacial score (nSPS) is 12.8. The second-order valence-corrected chi connectivity index (χ2v) is 10.7. The Bertz CT molecular complexity index is 825. The third-order valence-corrected chi connectivity index (χ3v) is 6.70. The van der Waals surface area contributed by atoms with Crippen LogP contribution in [0.15, 0.2) is 60.8 Å². The van der Waals surface area contributed by atoms with Crippen molar-refractivity contribution in [2.24, 2.45) is 0 Å². The van der Waals surface area contributed by atoms with Gasteiger partial charge in [0.15, 0.2) is 0 Å². The van der Waals surface area contributed by atoms with Gasteiger partial charge in [0, 0.05) is 12.8 Å². The van der Waals surface area contributed by atoms with E-state index >= 15 is 0 Å². The van der Waals surface area contributed by atoms with Crippen LogP contribution in [-0.2, 0) is 19.1 Å². The summed E-state index contributed by atoms with van der Waals surface area (Å²) in [7, 11) is 0. The van der Waals surface area contributed by atoms with E-state index in [0.717, 1.165) is 103 Å². The average Bonchev–Trinajstić information content (AvgIpc) is 2.97. The zero-order chi connectivity index (χ0) is 30.9. The van der Waals surface area contributed by atoms with Crippen LogP contribution < -0.4 is 5.32 Å². The number of hydrogen-bond donors (Lipinski definition) is 2. The number of ether oxygens (including phenoxy) is 1. The van der Waals surface area contributed by atoms with Crippen molar-refractivity contribution in [1.82, 2.24) is 5.32 Å². The maximum atomic E-state index is 12.4. The molecule has 0 aromatic heterocycles. The molecule has 0 radical (unpaired) electrons.